The minimum atomic E-state index is 0.353. The minimum Gasteiger partial charge on any atom is -0.356 e. The van der Waals surface area contributed by atoms with E-state index in [-0.39, 0.29) is 0 Å². The predicted octanol–water partition coefficient (Wildman–Crippen LogP) is 3.15. The molecule has 0 radical (unpaired) electrons. The maximum atomic E-state index is 8.71. The molecule has 0 aliphatic carbocycles. The van der Waals surface area contributed by atoms with Gasteiger partial charge in [-0.1, -0.05) is 26.0 Å². The molecule has 0 fully saturated rings. The van der Waals surface area contributed by atoms with Crippen LogP contribution >= 0.6 is 11.5 Å². The van der Waals surface area contributed by atoms with E-state index in [1.165, 1.54) is 11.5 Å². The van der Waals surface area contributed by atoms with Gasteiger partial charge < -0.3 is 5.32 Å². The lowest BCUT2D eigenvalue weighted by Gasteiger charge is -2.02. The number of anilines is 1. The van der Waals surface area contributed by atoms with Crippen LogP contribution in [-0.4, -0.2) is 9.36 Å². The second-order valence-corrected chi connectivity index (χ2v) is 5.03. The van der Waals surface area contributed by atoms with Crippen molar-refractivity contribution >= 4 is 16.7 Å². The van der Waals surface area contributed by atoms with Crippen LogP contribution in [0.4, 0.5) is 5.13 Å². The van der Waals surface area contributed by atoms with E-state index in [9.17, 15) is 0 Å². The molecule has 92 valence electrons. The van der Waals surface area contributed by atoms with Crippen molar-refractivity contribution in [3.05, 3.63) is 41.2 Å². The molecule has 0 amide bonds. The van der Waals surface area contributed by atoms with E-state index in [0.717, 1.165) is 16.5 Å². The smallest absolute Gasteiger partial charge is 0.202 e. The van der Waals surface area contributed by atoms with Gasteiger partial charge in [-0.3, -0.25) is 0 Å². The number of hydrogen-bond donors (Lipinski definition) is 1. The highest BCUT2D eigenvalue weighted by molar-refractivity contribution is 7.09. The highest BCUT2D eigenvalue weighted by Crippen LogP contribution is 2.18. The van der Waals surface area contributed by atoms with Gasteiger partial charge in [0.1, 0.15) is 5.82 Å². The van der Waals surface area contributed by atoms with Crippen LogP contribution in [0.2, 0.25) is 0 Å². The van der Waals surface area contributed by atoms with E-state index in [4.69, 9.17) is 5.26 Å². The monoisotopic (exact) mass is 258 g/mol. The van der Waals surface area contributed by atoms with E-state index < -0.39 is 0 Å². The lowest BCUT2D eigenvalue weighted by Crippen LogP contribution is -1.99. The fraction of sp³-hybridized carbons (Fsp3) is 0.308. The van der Waals surface area contributed by atoms with E-state index in [2.05, 4.69) is 34.6 Å². The molecule has 0 spiro atoms. The molecule has 0 aliphatic heterocycles. The van der Waals surface area contributed by atoms with Gasteiger partial charge in [-0.2, -0.15) is 9.64 Å². The highest BCUT2D eigenvalue weighted by atomic mass is 32.1. The first-order valence-corrected chi connectivity index (χ1v) is 6.53. The minimum absolute atomic E-state index is 0.353. The Kier molecular flexibility index (Phi) is 3.90. The lowest BCUT2D eigenvalue weighted by molar-refractivity contribution is 0.799. The van der Waals surface area contributed by atoms with Crippen molar-refractivity contribution in [1.82, 2.24) is 9.36 Å². The Labute approximate surface area is 110 Å². The van der Waals surface area contributed by atoms with Crippen molar-refractivity contribution in [3.8, 4) is 6.07 Å². The second kappa shape index (κ2) is 5.61. The molecule has 0 bridgehead atoms. The Morgan fingerprint density at radius 3 is 2.61 bits per heavy atom. The average Bonchev–Trinajstić information content (AvgIpc) is 2.86. The molecule has 0 saturated heterocycles. The number of rotatable bonds is 4. The SMILES string of the molecule is CC(C)c1nsc(NCc2ccc(C#N)cc2)n1. The van der Waals surface area contributed by atoms with Gasteiger partial charge in [0.2, 0.25) is 5.13 Å². The molecule has 2 aromatic rings. The zero-order valence-corrected chi connectivity index (χ0v) is 11.2. The fourth-order valence-electron chi connectivity index (χ4n) is 1.42. The summed E-state index contributed by atoms with van der Waals surface area (Å²) in [5.74, 6) is 1.23. The van der Waals surface area contributed by atoms with Gasteiger partial charge in [0.05, 0.1) is 11.6 Å². The Morgan fingerprint density at radius 2 is 2.06 bits per heavy atom. The van der Waals surface area contributed by atoms with Crippen molar-refractivity contribution in [3.63, 3.8) is 0 Å². The standard InChI is InChI=1S/C13H14N4S/c1-9(2)12-16-13(18-17-12)15-8-11-5-3-10(7-14)4-6-11/h3-6,9H,8H2,1-2H3,(H,15,16,17). The fourth-order valence-corrected chi connectivity index (χ4v) is 2.12. The summed E-state index contributed by atoms with van der Waals surface area (Å²) in [5.41, 5.74) is 1.80. The normalized spacial score (nSPS) is 10.3. The molecule has 4 nitrogen and oxygen atoms in total. The first-order valence-electron chi connectivity index (χ1n) is 5.75. The van der Waals surface area contributed by atoms with E-state index in [0.29, 0.717) is 18.0 Å². The van der Waals surface area contributed by atoms with Crippen molar-refractivity contribution < 1.29 is 0 Å². The molecule has 0 aliphatic rings. The van der Waals surface area contributed by atoms with Gasteiger partial charge in [0.15, 0.2) is 0 Å². The zero-order valence-electron chi connectivity index (χ0n) is 10.3. The number of nitriles is 1. The number of hydrogen-bond acceptors (Lipinski definition) is 5. The molecule has 1 heterocycles. The van der Waals surface area contributed by atoms with Crippen molar-refractivity contribution in [2.45, 2.75) is 26.3 Å². The summed E-state index contributed by atoms with van der Waals surface area (Å²) in [6, 6.07) is 9.62. The molecule has 5 heteroatoms. The summed E-state index contributed by atoms with van der Waals surface area (Å²) in [6.45, 7) is 4.84. The van der Waals surface area contributed by atoms with Crippen molar-refractivity contribution in [2.75, 3.05) is 5.32 Å². The van der Waals surface area contributed by atoms with Crippen LogP contribution in [0.15, 0.2) is 24.3 Å². The molecule has 0 unspecified atom stereocenters. The molecule has 0 saturated carbocycles. The first kappa shape index (κ1) is 12.5. The van der Waals surface area contributed by atoms with Gasteiger partial charge in [-0.25, -0.2) is 4.98 Å². The molecule has 0 atom stereocenters. The van der Waals surface area contributed by atoms with Gasteiger partial charge in [0, 0.05) is 24.0 Å². The van der Waals surface area contributed by atoms with Crippen molar-refractivity contribution in [2.24, 2.45) is 0 Å². The topological polar surface area (TPSA) is 61.6 Å². The van der Waals surface area contributed by atoms with Crippen LogP contribution < -0.4 is 5.32 Å². The third-order valence-corrected chi connectivity index (χ3v) is 3.17. The number of benzene rings is 1. The molecular formula is C13H14N4S. The molecule has 1 aromatic heterocycles. The maximum absolute atomic E-state index is 8.71. The Hall–Kier alpha value is -1.93. The van der Waals surface area contributed by atoms with Crippen LogP contribution in [0.25, 0.3) is 0 Å². The average molecular weight is 258 g/mol. The molecular weight excluding hydrogens is 244 g/mol. The zero-order chi connectivity index (χ0) is 13.0. The van der Waals surface area contributed by atoms with Gasteiger partial charge in [-0.15, -0.1) is 0 Å². The van der Waals surface area contributed by atoms with Crippen LogP contribution in [0, 0.1) is 11.3 Å². The number of nitrogens with zero attached hydrogens (tertiary/aromatic N) is 3. The summed E-state index contributed by atoms with van der Waals surface area (Å²) < 4.78 is 4.28. The third-order valence-electron chi connectivity index (χ3n) is 2.48. The molecule has 18 heavy (non-hydrogen) atoms. The Balaban J connectivity index is 1.96. The predicted molar refractivity (Wildman–Crippen MR) is 72.5 cm³/mol. The van der Waals surface area contributed by atoms with Gasteiger partial charge >= 0.3 is 0 Å². The number of aromatic nitrogens is 2. The van der Waals surface area contributed by atoms with E-state index >= 15 is 0 Å². The van der Waals surface area contributed by atoms with Gasteiger partial charge in [0.25, 0.3) is 0 Å². The van der Waals surface area contributed by atoms with E-state index in [1.807, 2.05) is 24.3 Å². The largest absolute Gasteiger partial charge is 0.356 e. The molecule has 1 aromatic carbocycles. The first-order chi connectivity index (χ1) is 8.69. The summed E-state index contributed by atoms with van der Waals surface area (Å²) >= 11 is 1.38. The molecule has 2 rings (SSSR count). The van der Waals surface area contributed by atoms with Crippen LogP contribution in [0.1, 0.15) is 36.7 Å². The molecule has 1 N–H and O–H groups in total. The lowest BCUT2D eigenvalue weighted by atomic mass is 10.1. The summed E-state index contributed by atoms with van der Waals surface area (Å²) in [7, 11) is 0. The Morgan fingerprint density at radius 1 is 1.33 bits per heavy atom. The van der Waals surface area contributed by atoms with E-state index in [1.54, 1.807) is 0 Å². The summed E-state index contributed by atoms with van der Waals surface area (Å²) in [4.78, 5) is 4.40. The van der Waals surface area contributed by atoms with Gasteiger partial charge in [-0.05, 0) is 17.7 Å². The third kappa shape index (κ3) is 3.05. The summed E-state index contributed by atoms with van der Waals surface area (Å²) in [6.07, 6.45) is 0. The van der Waals surface area contributed by atoms with Crippen molar-refractivity contribution in [1.29, 1.82) is 5.26 Å². The summed E-state index contributed by atoms with van der Waals surface area (Å²) in [5, 5.41) is 12.8. The quantitative estimate of drug-likeness (QED) is 0.915. The van der Waals surface area contributed by atoms with Crippen LogP contribution in [0.5, 0.6) is 0 Å². The number of nitrogens with one attached hydrogen (secondary N) is 1. The second-order valence-electron chi connectivity index (χ2n) is 4.27. The Bertz CT molecular complexity index is 551. The van der Waals surface area contributed by atoms with Crippen LogP contribution in [-0.2, 0) is 6.54 Å². The van der Waals surface area contributed by atoms with Crippen LogP contribution in [0.3, 0.4) is 0 Å². The maximum Gasteiger partial charge on any atom is 0.202 e. The highest BCUT2D eigenvalue weighted by Gasteiger charge is 2.06.